The van der Waals surface area contributed by atoms with Crippen molar-refractivity contribution in [1.29, 1.82) is 0 Å². The summed E-state index contributed by atoms with van der Waals surface area (Å²) in [6.45, 7) is 5.94. The van der Waals surface area contributed by atoms with E-state index in [0.29, 0.717) is 0 Å². The van der Waals surface area contributed by atoms with Gasteiger partial charge in [0.05, 0.1) is 5.54 Å². The van der Waals surface area contributed by atoms with Crippen molar-refractivity contribution in [3.8, 4) is 0 Å². The molecule has 2 amide bonds. The fourth-order valence-corrected chi connectivity index (χ4v) is 2.08. The number of anilines is 1. The molecule has 2 N–H and O–H groups in total. The van der Waals surface area contributed by atoms with Crippen molar-refractivity contribution in [2.75, 3.05) is 5.32 Å². The van der Waals surface area contributed by atoms with Crippen molar-refractivity contribution in [2.24, 2.45) is 0 Å². The Morgan fingerprint density at radius 3 is 2.20 bits per heavy atom. The van der Waals surface area contributed by atoms with Gasteiger partial charge in [-0.15, -0.1) is 0 Å². The first kappa shape index (κ1) is 14.1. The number of carbonyl (C=O) groups is 1. The second kappa shape index (κ2) is 5.78. The summed E-state index contributed by atoms with van der Waals surface area (Å²) in [5.41, 5.74) is 2.52. The number of nitrogens with one attached hydrogen (secondary N) is 2. The van der Waals surface area contributed by atoms with Crippen LogP contribution in [-0.2, 0) is 5.54 Å². The molecule has 0 unspecified atom stereocenters. The van der Waals surface area contributed by atoms with E-state index >= 15 is 0 Å². The highest BCUT2D eigenvalue weighted by atomic mass is 16.2. The van der Waals surface area contributed by atoms with E-state index in [2.05, 4.69) is 10.6 Å². The van der Waals surface area contributed by atoms with Gasteiger partial charge < -0.3 is 10.6 Å². The molecule has 3 nitrogen and oxygen atoms in total. The van der Waals surface area contributed by atoms with E-state index in [1.165, 1.54) is 0 Å². The van der Waals surface area contributed by atoms with Gasteiger partial charge in [0.1, 0.15) is 0 Å². The molecular formula is C17H20N2O. The van der Waals surface area contributed by atoms with Crippen molar-refractivity contribution in [2.45, 2.75) is 26.3 Å². The highest BCUT2D eigenvalue weighted by molar-refractivity contribution is 5.90. The Bertz CT molecular complexity index is 591. The highest BCUT2D eigenvalue weighted by Crippen LogP contribution is 2.20. The lowest BCUT2D eigenvalue weighted by molar-refractivity contribution is 0.242. The second-order valence-corrected chi connectivity index (χ2v) is 5.39. The van der Waals surface area contributed by atoms with E-state index < -0.39 is 5.54 Å². The van der Waals surface area contributed by atoms with Gasteiger partial charge in [-0.2, -0.15) is 0 Å². The van der Waals surface area contributed by atoms with Gasteiger partial charge in [0.2, 0.25) is 0 Å². The normalized spacial score (nSPS) is 10.9. The topological polar surface area (TPSA) is 41.1 Å². The third kappa shape index (κ3) is 3.38. The standard InChI is InChI=1S/C17H20N2O/c1-13-9-7-8-12-15(13)18-16(20)19-17(2,3)14-10-5-4-6-11-14/h4-12H,1-3H3,(H2,18,19,20). The summed E-state index contributed by atoms with van der Waals surface area (Å²) in [5.74, 6) is 0. The van der Waals surface area contributed by atoms with Gasteiger partial charge in [-0.3, -0.25) is 0 Å². The molecule has 0 fully saturated rings. The maximum Gasteiger partial charge on any atom is 0.319 e. The number of para-hydroxylation sites is 1. The zero-order valence-corrected chi connectivity index (χ0v) is 12.1. The van der Waals surface area contributed by atoms with Crippen LogP contribution in [0.15, 0.2) is 54.6 Å². The molecule has 20 heavy (non-hydrogen) atoms. The van der Waals surface area contributed by atoms with Crippen LogP contribution < -0.4 is 10.6 Å². The van der Waals surface area contributed by atoms with Crippen LogP contribution in [0, 0.1) is 6.92 Å². The van der Waals surface area contributed by atoms with Crippen LogP contribution >= 0.6 is 0 Å². The van der Waals surface area contributed by atoms with E-state index in [1.807, 2.05) is 75.4 Å². The van der Waals surface area contributed by atoms with E-state index in [0.717, 1.165) is 16.8 Å². The summed E-state index contributed by atoms with van der Waals surface area (Å²) in [7, 11) is 0. The molecule has 0 aliphatic carbocycles. The summed E-state index contributed by atoms with van der Waals surface area (Å²) in [4.78, 5) is 12.1. The Morgan fingerprint density at radius 2 is 1.55 bits per heavy atom. The Hall–Kier alpha value is -2.29. The van der Waals surface area contributed by atoms with Gasteiger partial charge in [0.25, 0.3) is 0 Å². The van der Waals surface area contributed by atoms with Crippen LogP contribution in [0.25, 0.3) is 0 Å². The van der Waals surface area contributed by atoms with Crippen LogP contribution in [0.4, 0.5) is 10.5 Å². The quantitative estimate of drug-likeness (QED) is 0.866. The molecule has 0 atom stereocenters. The Kier molecular flexibility index (Phi) is 4.08. The van der Waals surface area contributed by atoms with Gasteiger partial charge in [0.15, 0.2) is 0 Å². The van der Waals surface area contributed by atoms with E-state index in [4.69, 9.17) is 0 Å². The molecule has 0 spiro atoms. The summed E-state index contributed by atoms with van der Waals surface area (Å²) < 4.78 is 0. The molecule has 0 radical (unpaired) electrons. The monoisotopic (exact) mass is 268 g/mol. The molecule has 0 aliphatic rings. The predicted octanol–water partition coefficient (Wildman–Crippen LogP) is 4.05. The van der Waals surface area contributed by atoms with Crippen molar-refractivity contribution in [3.05, 3.63) is 65.7 Å². The lowest BCUT2D eigenvalue weighted by atomic mass is 9.95. The zero-order valence-electron chi connectivity index (χ0n) is 12.1. The predicted molar refractivity (Wildman–Crippen MR) is 82.8 cm³/mol. The minimum atomic E-state index is -0.423. The van der Waals surface area contributed by atoms with Crippen LogP contribution in [0.1, 0.15) is 25.0 Å². The largest absolute Gasteiger partial charge is 0.329 e. The molecule has 104 valence electrons. The number of hydrogen-bond acceptors (Lipinski definition) is 1. The number of hydrogen-bond donors (Lipinski definition) is 2. The molecule has 0 saturated carbocycles. The molecule has 0 saturated heterocycles. The van der Waals surface area contributed by atoms with E-state index in [9.17, 15) is 4.79 Å². The molecule has 0 aromatic heterocycles. The molecule has 2 aromatic rings. The molecule has 0 aliphatic heterocycles. The van der Waals surface area contributed by atoms with Crippen molar-refractivity contribution in [1.82, 2.24) is 5.32 Å². The van der Waals surface area contributed by atoms with Crippen LogP contribution in [0.5, 0.6) is 0 Å². The average Bonchev–Trinajstić information content (AvgIpc) is 2.42. The van der Waals surface area contributed by atoms with Crippen molar-refractivity contribution < 1.29 is 4.79 Å². The number of benzene rings is 2. The van der Waals surface area contributed by atoms with Gasteiger partial charge in [-0.25, -0.2) is 4.79 Å². The van der Waals surface area contributed by atoms with Gasteiger partial charge >= 0.3 is 6.03 Å². The zero-order chi connectivity index (χ0) is 14.6. The minimum Gasteiger partial charge on any atom is -0.329 e. The smallest absolute Gasteiger partial charge is 0.319 e. The number of aryl methyl sites for hydroxylation is 1. The van der Waals surface area contributed by atoms with Crippen LogP contribution in [0.2, 0.25) is 0 Å². The maximum absolute atomic E-state index is 12.1. The Labute approximate surface area is 120 Å². The second-order valence-electron chi connectivity index (χ2n) is 5.39. The summed E-state index contributed by atoms with van der Waals surface area (Å²) in [5, 5.41) is 5.88. The first-order valence-electron chi connectivity index (χ1n) is 6.69. The fourth-order valence-electron chi connectivity index (χ4n) is 2.08. The first-order valence-corrected chi connectivity index (χ1v) is 6.69. The third-order valence-corrected chi connectivity index (χ3v) is 3.31. The number of amides is 2. The van der Waals surface area contributed by atoms with Gasteiger partial charge in [-0.05, 0) is 38.0 Å². The SMILES string of the molecule is Cc1ccccc1NC(=O)NC(C)(C)c1ccccc1. The Morgan fingerprint density at radius 1 is 0.950 bits per heavy atom. The summed E-state index contributed by atoms with van der Waals surface area (Å²) in [6.07, 6.45) is 0. The third-order valence-electron chi connectivity index (χ3n) is 3.31. The number of urea groups is 1. The lowest BCUT2D eigenvalue weighted by Gasteiger charge is -2.27. The molecule has 0 bridgehead atoms. The highest BCUT2D eigenvalue weighted by Gasteiger charge is 2.22. The molecule has 0 heterocycles. The van der Waals surface area contributed by atoms with Crippen LogP contribution in [-0.4, -0.2) is 6.03 Å². The first-order chi connectivity index (χ1) is 9.49. The lowest BCUT2D eigenvalue weighted by Crippen LogP contribution is -2.43. The van der Waals surface area contributed by atoms with E-state index in [-0.39, 0.29) is 6.03 Å². The van der Waals surface area contributed by atoms with Gasteiger partial charge in [-0.1, -0.05) is 48.5 Å². The fraction of sp³-hybridized carbons (Fsp3) is 0.235. The number of carbonyl (C=O) groups excluding carboxylic acids is 1. The summed E-state index contributed by atoms with van der Waals surface area (Å²) >= 11 is 0. The summed E-state index contributed by atoms with van der Waals surface area (Å²) in [6, 6.07) is 17.4. The van der Waals surface area contributed by atoms with E-state index in [1.54, 1.807) is 0 Å². The van der Waals surface area contributed by atoms with Gasteiger partial charge in [0, 0.05) is 5.69 Å². The van der Waals surface area contributed by atoms with Crippen molar-refractivity contribution in [3.63, 3.8) is 0 Å². The maximum atomic E-state index is 12.1. The molecular weight excluding hydrogens is 248 g/mol. The molecule has 3 heteroatoms. The van der Waals surface area contributed by atoms with Crippen LogP contribution in [0.3, 0.4) is 0 Å². The minimum absolute atomic E-state index is 0.201. The average molecular weight is 268 g/mol. The number of rotatable bonds is 3. The Balaban J connectivity index is 2.07. The van der Waals surface area contributed by atoms with Crippen molar-refractivity contribution >= 4 is 11.7 Å². The molecule has 2 rings (SSSR count). The molecule has 2 aromatic carbocycles.